The Hall–Kier alpha value is -3.31. The number of aromatic hydroxyl groups is 1. The van der Waals surface area contributed by atoms with Gasteiger partial charge in [-0.15, -0.1) is 6.42 Å². The van der Waals surface area contributed by atoms with Crippen molar-refractivity contribution in [1.29, 1.82) is 0 Å². The number of hydrogen-bond donors (Lipinski definition) is 3. The number of amides is 1. The molecule has 8 nitrogen and oxygen atoms in total. The van der Waals surface area contributed by atoms with Crippen LogP contribution in [0.4, 0.5) is 0 Å². The Bertz CT molecular complexity index is 1140. The lowest BCUT2D eigenvalue weighted by Crippen LogP contribution is -2.71. The molecule has 8 heteroatoms. The van der Waals surface area contributed by atoms with Gasteiger partial charge in [0.1, 0.15) is 5.75 Å². The van der Waals surface area contributed by atoms with E-state index in [-0.39, 0.29) is 24.2 Å². The number of rotatable bonds is 2. The first-order valence-corrected chi connectivity index (χ1v) is 10.5. The third kappa shape index (κ3) is 2.64. The summed E-state index contributed by atoms with van der Waals surface area (Å²) in [6.07, 6.45) is 5.75. The normalized spacial score (nSPS) is 33.9. The highest BCUT2D eigenvalue weighted by Gasteiger charge is 2.69. The van der Waals surface area contributed by atoms with Gasteiger partial charge in [0.15, 0.2) is 34.7 Å². The molecule has 0 radical (unpaired) electrons. The van der Waals surface area contributed by atoms with Gasteiger partial charge in [-0.05, 0) is 42.4 Å². The molecule has 1 aromatic rings. The van der Waals surface area contributed by atoms with Crippen molar-refractivity contribution < 1.29 is 34.2 Å². The summed E-state index contributed by atoms with van der Waals surface area (Å²) in [6, 6.07) is 2.77. The molecular weight excluding hydrogens is 414 g/mol. The molecule has 0 heterocycles. The van der Waals surface area contributed by atoms with Crippen molar-refractivity contribution in [3.05, 3.63) is 28.8 Å². The van der Waals surface area contributed by atoms with Crippen LogP contribution in [0.5, 0.6) is 5.75 Å². The highest BCUT2D eigenvalue weighted by Crippen LogP contribution is 2.53. The fourth-order valence-corrected chi connectivity index (χ4v) is 5.99. The van der Waals surface area contributed by atoms with Gasteiger partial charge in [-0.3, -0.25) is 24.0 Å². The van der Waals surface area contributed by atoms with Crippen LogP contribution in [0.1, 0.15) is 41.8 Å². The SMILES string of the molecule is C#Cc1ccc(O)c2c1C[C@H]1C[C@H]3[C@H](C(C)C)C(=O)C(C(N)=O)C(=O)[C@@]3(O)C(=O)C1C2=O. The average Bonchev–Trinajstić information content (AvgIpc) is 2.70. The predicted octanol–water partition coefficient (Wildman–Crippen LogP) is 0.190. The maximum absolute atomic E-state index is 13.6. The highest BCUT2D eigenvalue weighted by molar-refractivity contribution is 6.31. The monoisotopic (exact) mass is 437 g/mol. The van der Waals surface area contributed by atoms with Crippen molar-refractivity contribution in [2.75, 3.05) is 0 Å². The molecular formula is C24H23NO7. The van der Waals surface area contributed by atoms with Crippen LogP contribution in [0.3, 0.4) is 0 Å². The summed E-state index contributed by atoms with van der Waals surface area (Å²) >= 11 is 0. The molecule has 32 heavy (non-hydrogen) atoms. The summed E-state index contributed by atoms with van der Waals surface area (Å²) in [7, 11) is 0. The number of nitrogens with two attached hydrogens (primary N) is 1. The van der Waals surface area contributed by atoms with Crippen LogP contribution in [-0.4, -0.2) is 44.9 Å². The lowest BCUT2D eigenvalue weighted by molar-refractivity contribution is -0.182. The smallest absolute Gasteiger partial charge is 0.235 e. The summed E-state index contributed by atoms with van der Waals surface area (Å²) in [4.78, 5) is 65.0. The first-order valence-electron chi connectivity index (χ1n) is 10.5. The van der Waals surface area contributed by atoms with Crippen LogP contribution >= 0.6 is 0 Å². The van der Waals surface area contributed by atoms with Crippen LogP contribution in [-0.2, 0) is 25.6 Å². The van der Waals surface area contributed by atoms with Crippen LogP contribution < -0.4 is 5.73 Å². The summed E-state index contributed by atoms with van der Waals surface area (Å²) in [5, 5.41) is 21.8. The average molecular weight is 437 g/mol. The standard InChI is InChI=1S/C24H23NO7/c1-4-10-5-6-14(26)17-12(10)7-11-8-13-15(9(2)3)19(27)18(23(25)31)22(30)24(13,32)21(29)16(11)20(17)28/h1,5-6,9,11,13,15-16,18,26,32H,7-8H2,2-3H3,(H2,25,31)/t11-,13-,15-,16?,18?,24-/m0/s1. The molecule has 2 fully saturated rings. The molecule has 3 aliphatic rings. The highest BCUT2D eigenvalue weighted by atomic mass is 16.3. The number of aliphatic hydroxyl groups is 1. The lowest BCUT2D eigenvalue weighted by atomic mass is 9.49. The number of carbonyl (C=O) groups is 5. The second-order valence-corrected chi connectivity index (χ2v) is 9.28. The van der Waals surface area contributed by atoms with Crippen molar-refractivity contribution in [2.24, 2.45) is 41.2 Å². The van der Waals surface area contributed by atoms with Gasteiger partial charge < -0.3 is 15.9 Å². The van der Waals surface area contributed by atoms with E-state index in [4.69, 9.17) is 12.2 Å². The first kappa shape index (κ1) is 21.9. The van der Waals surface area contributed by atoms with Crippen molar-refractivity contribution in [1.82, 2.24) is 0 Å². The van der Waals surface area contributed by atoms with E-state index in [0.29, 0.717) is 11.1 Å². The molecule has 1 amide bonds. The van der Waals surface area contributed by atoms with Gasteiger partial charge in [-0.2, -0.15) is 0 Å². The topological polar surface area (TPSA) is 152 Å². The van der Waals surface area contributed by atoms with Crippen LogP contribution in [0.15, 0.2) is 12.1 Å². The molecule has 6 atom stereocenters. The minimum Gasteiger partial charge on any atom is -0.507 e. The number of ketones is 4. The molecule has 3 aliphatic carbocycles. The quantitative estimate of drug-likeness (QED) is 0.441. The lowest BCUT2D eigenvalue weighted by Gasteiger charge is -2.52. The second-order valence-electron chi connectivity index (χ2n) is 9.28. The van der Waals surface area contributed by atoms with E-state index in [1.165, 1.54) is 12.1 Å². The van der Waals surface area contributed by atoms with Crippen molar-refractivity contribution >= 4 is 29.0 Å². The van der Waals surface area contributed by atoms with Crippen molar-refractivity contribution in [3.63, 3.8) is 0 Å². The molecule has 166 valence electrons. The van der Waals surface area contributed by atoms with Crippen LogP contribution in [0, 0.1) is 47.9 Å². The third-order valence-electron chi connectivity index (χ3n) is 7.35. The van der Waals surface area contributed by atoms with Gasteiger partial charge in [0.2, 0.25) is 5.91 Å². The zero-order valence-electron chi connectivity index (χ0n) is 17.6. The number of terminal acetylenes is 1. The summed E-state index contributed by atoms with van der Waals surface area (Å²) in [6.45, 7) is 3.40. The summed E-state index contributed by atoms with van der Waals surface area (Å²) < 4.78 is 0. The van der Waals surface area contributed by atoms with E-state index in [2.05, 4.69) is 5.92 Å². The van der Waals surface area contributed by atoms with E-state index >= 15 is 0 Å². The first-order chi connectivity index (χ1) is 15.0. The fraction of sp³-hybridized carbons (Fsp3) is 0.458. The van der Waals surface area contributed by atoms with Crippen molar-refractivity contribution in [2.45, 2.75) is 32.3 Å². The molecule has 0 saturated heterocycles. The molecule has 2 saturated carbocycles. The Balaban J connectivity index is 1.90. The van der Waals surface area contributed by atoms with E-state index in [9.17, 15) is 34.2 Å². The Kier molecular flexibility index (Phi) is 4.86. The van der Waals surface area contributed by atoms with Gasteiger partial charge in [0.25, 0.3) is 0 Å². The number of primary amides is 1. The zero-order valence-corrected chi connectivity index (χ0v) is 17.6. The molecule has 0 bridgehead atoms. The molecule has 1 aromatic carbocycles. The Morgan fingerprint density at radius 1 is 1.22 bits per heavy atom. The van der Waals surface area contributed by atoms with Gasteiger partial charge in [-0.25, -0.2) is 0 Å². The predicted molar refractivity (Wildman–Crippen MR) is 110 cm³/mol. The van der Waals surface area contributed by atoms with Crippen molar-refractivity contribution in [3.8, 4) is 18.1 Å². The molecule has 0 spiro atoms. The number of carbonyl (C=O) groups excluding carboxylic acids is 5. The van der Waals surface area contributed by atoms with E-state index in [0.717, 1.165) is 0 Å². The maximum atomic E-state index is 13.6. The zero-order chi connectivity index (χ0) is 23.7. The summed E-state index contributed by atoms with van der Waals surface area (Å²) in [5.74, 6) is -9.26. The number of phenols is 1. The number of Topliss-reactive ketones (excluding diaryl/α,β-unsaturated/α-hetero) is 4. The van der Waals surface area contributed by atoms with E-state index < -0.39 is 70.1 Å². The number of benzene rings is 1. The van der Waals surface area contributed by atoms with Crippen LogP contribution in [0.2, 0.25) is 0 Å². The van der Waals surface area contributed by atoms with Gasteiger partial charge in [0, 0.05) is 17.4 Å². The summed E-state index contributed by atoms with van der Waals surface area (Å²) in [5.41, 5.74) is 3.35. The Morgan fingerprint density at radius 2 is 1.88 bits per heavy atom. The van der Waals surface area contributed by atoms with E-state index in [1.807, 2.05) is 0 Å². The van der Waals surface area contributed by atoms with E-state index in [1.54, 1.807) is 13.8 Å². The molecule has 0 aliphatic heterocycles. The fourth-order valence-electron chi connectivity index (χ4n) is 5.99. The molecule has 4 rings (SSSR count). The Labute approximate surface area is 184 Å². The minimum atomic E-state index is -2.68. The second kappa shape index (κ2) is 7.10. The number of fused-ring (bicyclic) bond motifs is 3. The Morgan fingerprint density at radius 3 is 2.44 bits per heavy atom. The number of hydrogen-bond acceptors (Lipinski definition) is 7. The molecule has 0 aromatic heterocycles. The molecule has 4 N–H and O–H groups in total. The van der Waals surface area contributed by atoms with Gasteiger partial charge >= 0.3 is 0 Å². The van der Waals surface area contributed by atoms with Crippen LogP contribution in [0.25, 0.3) is 0 Å². The van der Waals surface area contributed by atoms with Gasteiger partial charge in [-0.1, -0.05) is 19.8 Å². The number of phenolic OH excluding ortho intramolecular Hbond substituents is 1. The maximum Gasteiger partial charge on any atom is 0.235 e. The molecule has 2 unspecified atom stereocenters. The largest absolute Gasteiger partial charge is 0.507 e. The minimum absolute atomic E-state index is 0.0313. The van der Waals surface area contributed by atoms with Gasteiger partial charge in [0.05, 0.1) is 11.5 Å². The third-order valence-corrected chi connectivity index (χ3v) is 7.35.